The van der Waals surface area contributed by atoms with E-state index in [9.17, 15) is 0 Å². The van der Waals surface area contributed by atoms with Crippen LogP contribution in [0.25, 0.3) is 0 Å². The summed E-state index contributed by atoms with van der Waals surface area (Å²) in [5, 5.41) is 0.779. The number of hydrogen-bond donors (Lipinski definition) is 0. The fourth-order valence-corrected chi connectivity index (χ4v) is 1.37. The van der Waals surface area contributed by atoms with Gasteiger partial charge in [0.05, 0.1) is 6.10 Å². The largest absolute Gasteiger partial charge is 0.381 e. The Hall–Kier alpha value is -0.530. The Bertz CT molecular complexity index is 255. The van der Waals surface area contributed by atoms with Crippen LogP contribution >= 0.6 is 11.6 Å². The highest BCUT2D eigenvalue weighted by molar-refractivity contribution is 6.30. The minimum absolute atomic E-state index is 0.237. The van der Waals surface area contributed by atoms with Gasteiger partial charge in [-0.05, 0) is 24.6 Å². The highest BCUT2D eigenvalue weighted by Crippen LogP contribution is 2.22. The van der Waals surface area contributed by atoms with E-state index in [2.05, 4.69) is 13.8 Å². The summed E-state index contributed by atoms with van der Waals surface area (Å²) in [6.45, 7) is 4.22. The molecule has 1 aromatic carbocycles. The number of ether oxygens (including phenoxy) is 1. The van der Waals surface area contributed by atoms with Crippen molar-refractivity contribution in [2.75, 3.05) is 7.11 Å². The van der Waals surface area contributed by atoms with Gasteiger partial charge in [-0.1, -0.05) is 30.7 Å². The second kappa shape index (κ2) is 4.64. The van der Waals surface area contributed by atoms with Crippen molar-refractivity contribution in [3.8, 4) is 0 Å². The van der Waals surface area contributed by atoms with Crippen molar-refractivity contribution < 1.29 is 4.74 Å². The van der Waals surface area contributed by atoms with E-state index >= 15 is 0 Å². The van der Waals surface area contributed by atoms with Crippen LogP contribution in [0.1, 0.15) is 25.3 Å². The van der Waals surface area contributed by atoms with Crippen LogP contribution in [0.15, 0.2) is 24.3 Å². The quantitative estimate of drug-likeness (QED) is 0.723. The summed E-state index contributed by atoms with van der Waals surface area (Å²) < 4.78 is 5.26. The molecule has 0 saturated carbocycles. The molecule has 0 heterocycles. The summed E-state index contributed by atoms with van der Waals surface area (Å²) >= 11 is 5.80. The van der Waals surface area contributed by atoms with E-state index < -0.39 is 0 Å². The molecular formula is C11H15ClO. The van der Waals surface area contributed by atoms with Gasteiger partial charge in [-0.2, -0.15) is 0 Å². The number of methoxy groups -OCH3 is 1. The first-order chi connectivity index (χ1) is 6.15. The molecule has 2 atom stereocenters. The van der Waals surface area contributed by atoms with Gasteiger partial charge in [-0.15, -0.1) is 0 Å². The third kappa shape index (κ3) is 2.71. The highest BCUT2D eigenvalue weighted by atomic mass is 35.5. The van der Waals surface area contributed by atoms with E-state index in [0.29, 0.717) is 5.92 Å². The van der Waals surface area contributed by atoms with Crippen molar-refractivity contribution in [3.05, 3.63) is 34.9 Å². The average molecular weight is 199 g/mol. The third-order valence-corrected chi connectivity index (χ3v) is 2.72. The van der Waals surface area contributed by atoms with Crippen molar-refractivity contribution in [2.45, 2.75) is 25.9 Å². The van der Waals surface area contributed by atoms with Crippen LogP contribution in [0.4, 0.5) is 0 Å². The van der Waals surface area contributed by atoms with E-state index in [1.807, 2.05) is 24.3 Å². The molecule has 1 nitrogen and oxygen atoms in total. The zero-order valence-electron chi connectivity index (χ0n) is 8.25. The summed E-state index contributed by atoms with van der Waals surface area (Å²) in [7, 11) is 1.73. The van der Waals surface area contributed by atoms with Crippen molar-refractivity contribution in [1.82, 2.24) is 0 Å². The molecule has 0 aliphatic heterocycles. The Morgan fingerprint density at radius 2 is 1.69 bits per heavy atom. The molecule has 0 amide bonds. The van der Waals surface area contributed by atoms with Crippen LogP contribution < -0.4 is 0 Å². The molecule has 0 spiro atoms. The lowest BCUT2D eigenvalue weighted by Crippen LogP contribution is -2.14. The normalized spacial score (nSPS) is 15.4. The maximum Gasteiger partial charge on any atom is 0.0609 e. The van der Waals surface area contributed by atoms with E-state index in [4.69, 9.17) is 16.3 Å². The molecule has 72 valence electrons. The Morgan fingerprint density at radius 1 is 1.15 bits per heavy atom. The average Bonchev–Trinajstić information content (AvgIpc) is 2.17. The molecule has 0 aliphatic rings. The maximum absolute atomic E-state index is 5.80. The smallest absolute Gasteiger partial charge is 0.0609 e. The van der Waals surface area contributed by atoms with Crippen LogP contribution in [-0.2, 0) is 4.74 Å². The lowest BCUT2D eigenvalue weighted by atomic mass is 9.96. The lowest BCUT2D eigenvalue weighted by Gasteiger charge is -2.18. The first-order valence-corrected chi connectivity index (χ1v) is 4.81. The highest BCUT2D eigenvalue weighted by Gasteiger charge is 2.12. The second-order valence-corrected chi connectivity index (χ2v) is 3.72. The maximum atomic E-state index is 5.80. The van der Waals surface area contributed by atoms with Gasteiger partial charge in [0, 0.05) is 18.1 Å². The van der Waals surface area contributed by atoms with E-state index in [1.54, 1.807) is 7.11 Å². The summed E-state index contributed by atoms with van der Waals surface area (Å²) in [4.78, 5) is 0. The minimum Gasteiger partial charge on any atom is -0.381 e. The van der Waals surface area contributed by atoms with Gasteiger partial charge >= 0.3 is 0 Å². The predicted octanol–water partition coefficient (Wildman–Crippen LogP) is 3.48. The van der Waals surface area contributed by atoms with Gasteiger partial charge in [0.2, 0.25) is 0 Å². The fourth-order valence-electron chi connectivity index (χ4n) is 1.24. The van der Waals surface area contributed by atoms with E-state index in [-0.39, 0.29) is 6.10 Å². The second-order valence-electron chi connectivity index (χ2n) is 3.28. The van der Waals surface area contributed by atoms with Gasteiger partial charge in [0.25, 0.3) is 0 Å². The van der Waals surface area contributed by atoms with Gasteiger partial charge in [0.15, 0.2) is 0 Å². The topological polar surface area (TPSA) is 9.23 Å². The summed E-state index contributed by atoms with van der Waals surface area (Å²) in [6, 6.07) is 7.91. The van der Waals surface area contributed by atoms with E-state index in [1.165, 1.54) is 5.56 Å². The summed E-state index contributed by atoms with van der Waals surface area (Å²) in [5.74, 6) is 0.405. The van der Waals surface area contributed by atoms with E-state index in [0.717, 1.165) is 5.02 Å². The molecule has 2 heteroatoms. The first-order valence-electron chi connectivity index (χ1n) is 4.43. The molecule has 13 heavy (non-hydrogen) atoms. The fraction of sp³-hybridized carbons (Fsp3) is 0.455. The molecule has 0 bridgehead atoms. The third-order valence-electron chi connectivity index (χ3n) is 2.47. The van der Waals surface area contributed by atoms with Crippen LogP contribution in [0.5, 0.6) is 0 Å². The Morgan fingerprint density at radius 3 is 2.15 bits per heavy atom. The van der Waals surface area contributed by atoms with Crippen molar-refractivity contribution >= 4 is 11.6 Å². The number of rotatable bonds is 3. The van der Waals surface area contributed by atoms with Gasteiger partial charge in [-0.25, -0.2) is 0 Å². The van der Waals surface area contributed by atoms with Gasteiger partial charge < -0.3 is 4.74 Å². The molecule has 1 rings (SSSR count). The molecular weight excluding hydrogens is 184 g/mol. The molecule has 2 unspecified atom stereocenters. The molecule has 1 aromatic rings. The van der Waals surface area contributed by atoms with Crippen molar-refractivity contribution in [3.63, 3.8) is 0 Å². The molecule has 0 aliphatic carbocycles. The molecule has 0 aromatic heterocycles. The predicted molar refractivity (Wildman–Crippen MR) is 56.3 cm³/mol. The van der Waals surface area contributed by atoms with Crippen molar-refractivity contribution in [2.24, 2.45) is 0 Å². The SMILES string of the molecule is COC(C)C(C)c1ccc(Cl)cc1. The van der Waals surface area contributed by atoms with Crippen LogP contribution in [-0.4, -0.2) is 13.2 Å². The molecule has 0 fully saturated rings. The summed E-state index contributed by atoms with van der Waals surface area (Å²) in [5.41, 5.74) is 1.26. The van der Waals surface area contributed by atoms with Crippen LogP contribution in [0.2, 0.25) is 5.02 Å². The van der Waals surface area contributed by atoms with Gasteiger partial charge in [0.1, 0.15) is 0 Å². The Labute approximate surface area is 84.7 Å². The lowest BCUT2D eigenvalue weighted by molar-refractivity contribution is 0.0990. The standard InChI is InChI=1S/C11H15ClO/c1-8(9(2)13-3)10-4-6-11(12)7-5-10/h4-9H,1-3H3. The molecule has 0 radical (unpaired) electrons. The number of benzene rings is 1. The zero-order chi connectivity index (χ0) is 9.84. The Balaban J connectivity index is 2.77. The monoisotopic (exact) mass is 198 g/mol. The number of halogens is 1. The molecule has 0 saturated heterocycles. The van der Waals surface area contributed by atoms with Gasteiger partial charge in [-0.3, -0.25) is 0 Å². The van der Waals surface area contributed by atoms with Crippen LogP contribution in [0.3, 0.4) is 0 Å². The minimum atomic E-state index is 0.237. The molecule has 0 N–H and O–H groups in total. The Kier molecular flexibility index (Phi) is 3.76. The van der Waals surface area contributed by atoms with Crippen LogP contribution in [0, 0.1) is 0 Å². The van der Waals surface area contributed by atoms with Crippen molar-refractivity contribution in [1.29, 1.82) is 0 Å². The first kappa shape index (κ1) is 10.6. The number of hydrogen-bond acceptors (Lipinski definition) is 1. The summed E-state index contributed by atoms with van der Waals surface area (Å²) in [6.07, 6.45) is 0.237. The zero-order valence-corrected chi connectivity index (χ0v) is 9.01.